The summed E-state index contributed by atoms with van der Waals surface area (Å²) in [5.41, 5.74) is 6.30. The topological polar surface area (TPSA) is 67.1 Å². The molecule has 2 amide bonds. The van der Waals surface area contributed by atoms with Gasteiger partial charge in [-0.1, -0.05) is 36.0 Å². The van der Waals surface area contributed by atoms with Crippen LogP contribution in [0.25, 0.3) is 0 Å². The van der Waals surface area contributed by atoms with Gasteiger partial charge in [-0.25, -0.2) is 9.18 Å². The lowest BCUT2D eigenvalue weighted by Gasteiger charge is -2.10. The molecule has 108 valence electrons. The summed E-state index contributed by atoms with van der Waals surface area (Å²) in [6, 6.07) is 10.2. The van der Waals surface area contributed by atoms with E-state index in [1.54, 1.807) is 24.3 Å². The number of urea groups is 1. The molecule has 0 saturated heterocycles. The Bertz CT molecular complexity index is 708. The zero-order valence-electron chi connectivity index (χ0n) is 10.7. The van der Waals surface area contributed by atoms with Gasteiger partial charge >= 0.3 is 6.03 Å². The molecule has 0 aliphatic heterocycles. The zero-order chi connectivity index (χ0) is 15.4. The highest BCUT2D eigenvalue weighted by Gasteiger charge is 2.09. The number of hydrogen-bond donors (Lipinski definition) is 3. The van der Waals surface area contributed by atoms with Crippen LogP contribution in [0.1, 0.15) is 5.56 Å². The van der Waals surface area contributed by atoms with Crippen LogP contribution < -0.4 is 16.4 Å². The van der Waals surface area contributed by atoms with Crippen LogP contribution in [0.4, 0.5) is 20.6 Å². The lowest BCUT2D eigenvalue weighted by atomic mass is 10.2. The molecule has 0 aliphatic rings. The maximum Gasteiger partial charge on any atom is 0.323 e. The van der Waals surface area contributed by atoms with Crippen molar-refractivity contribution in [2.75, 3.05) is 10.6 Å². The Balaban J connectivity index is 2.12. The van der Waals surface area contributed by atoms with E-state index < -0.39 is 11.8 Å². The van der Waals surface area contributed by atoms with Gasteiger partial charge in [0.25, 0.3) is 0 Å². The molecule has 0 unspecified atom stereocenters. The maximum absolute atomic E-state index is 13.4. The zero-order valence-corrected chi connectivity index (χ0v) is 12.3. The summed E-state index contributed by atoms with van der Waals surface area (Å²) >= 11 is 10.7. The van der Waals surface area contributed by atoms with Crippen LogP contribution in [0.3, 0.4) is 0 Å². The van der Waals surface area contributed by atoms with E-state index in [0.717, 1.165) is 0 Å². The van der Waals surface area contributed by atoms with Crippen molar-refractivity contribution < 1.29 is 9.18 Å². The summed E-state index contributed by atoms with van der Waals surface area (Å²) in [6.07, 6.45) is 0. The number of rotatable bonds is 3. The predicted octanol–water partition coefficient (Wildman–Crippen LogP) is 3.76. The highest BCUT2D eigenvalue weighted by molar-refractivity contribution is 7.80. The number of anilines is 2. The molecule has 0 heterocycles. The van der Waals surface area contributed by atoms with Gasteiger partial charge in [0.2, 0.25) is 0 Å². The molecule has 2 rings (SSSR count). The fourth-order valence-electron chi connectivity index (χ4n) is 1.64. The number of nitrogens with two attached hydrogens (primary N) is 1. The lowest BCUT2D eigenvalue weighted by Crippen LogP contribution is -2.20. The van der Waals surface area contributed by atoms with Crippen LogP contribution >= 0.6 is 23.8 Å². The number of nitrogens with one attached hydrogen (secondary N) is 2. The number of carbonyl (C=O) groups is 1. The minimum absolute atomic E-state index is 0.0699. The molecule has 0 saturated carbocycles. The van der Waals surface area contributed by atoms with Gasteiger partial charge in [0.1, 0.15) is 10.8 Å². The highest BCUT2D eigenvalue weighted by atomic mass is 35.5. The quantitative estimate of drug-likeness (QED) is 0.753. The molecule has 2 aromatic carbocycles. The second-order valence-electron chi connectivity index (χ2n) is 4.12. The first kappa shape index (κ1) is 15.2. The van der Waals surface area contributed by atoms with E-state index in [9.17, 15) is 9.18 Å². The molecule has 0 aromatic heterocycles. The van der Waals surface area contributed by atoms with Crippen molar-refractivity contribution in [1.82, 2.24) is 0 Å². The number of benzene rings is 2. The summed E-state index contributed by atoms with van der Waals surface area (Å²) in [5.74, 6) is -0.542. The molecule has 7 heteroatoms. The van der Waals surface area contributed by atoms with E-state index in [4.69, 9.17) is 29.6 Å². The van der Waals surface area contributed by atoms with Crippen LogP contribution in [-0.4, -0.2) is 11.0 Å². The monoisotopic (exact) mass is 323 g/mol. The third kappa shape index (κ3) is 3.90. The van der Waals surface area contributed by atoms with Crippen molar-refractivity contribution in [2.24, 2.45) is 5.73 Å². The van der Waals surface area contributed by atoms with Crippen molar-refractivity contribution in [3.8, 4) is 0 Å². The van der Waals surface area contributed by atoms with Crippen molar-refractivity contribution in [1.29, 1.82) is 0 Å². The molecule has 4 N–H and O–H groups in total. The number of hydrogen-bond acceptors (Lipinski definition) is 2. The molecule has 2 aromatic rings. The van der Waals surface area contributed by atoms with Crippen molar-refractivity contribution >= 4 is 46.2 Å². The van der Waals surface area contributed by atoms with Crippen molar-refractivity contribution in [2.45, 2.75) is 0 Å². The molecule has 0 atom stereocenters. The van der Waals surface area contributed by atoms with Gasteiger partial charge in [-0.3, -0.25) is 0 Å². The average molecular weight is 324 g/mol. The van der Waals surface area contributed by atoms with Gasteiger partial charge in [-0.15, -0.1) is 0 Å². The van der Waals surface area contributed by atoms with E-state index >= 15 is 0 Å². The van der Waals surface area contributed by atoms with Gasteiger partial charge < -0.3 is 16.4 Å². The Kier molecular flexibility index (Phi) is 4.72. The Hall–Kier alpha value is -2.18. The van der Waals surface area contributed by atoms with Gasteiger partial charge in [0.15, 0.2) is 0 Å². The summed E-state index contributed by atoms with van der Waals surface area (Å²) in [4.78, 5) is 11.8. The minimum atomic E-state index is -0.542. The van der Waals surface area contributed by atoms with Gasteiger partial charge in [0.05, 0.1) is 10.7 Å². The first-order valence-electron chi connectivity index (χ1n) is 5.89. The molecule has 0 fully saturated rings. The van der Waals surface area contributed by atoms with Crippen LogP contribution in [-0.2, 0) is 0 Å². The van der Waals surface area contributed by atoms with Crippen LogP contribution in [0.5, 0.6) is 0 Å². The van der Waals surface area contributed by atoms with Crippen LogP contribution in [0.15, 0.2) is 42.5 Å². The largest absolute Gasteiger partial charge is 0.389 e. The smallest absolute Gasteiger partial charge is 0.323 e. The van der Waals surface area contributed by atoms with Gasteiger partial charge in [-0.2, -0.15) is 0 Å². The number of para-hydroxylation sites is 1. The van der Waals surface area contributed by atoms with E-state index in [-0.39, 0.29) is 10.6 Å². The number of thiocarbonyl (C=S) groups is 1. The Morgan fingerprint density at radius 1 is 1.19 bits per heavy atom. The Labute approximate surface area is 131 Å². The maximum atomic E-state index is 13.4. The third-order valence-corrected chi connectivity index (χ3v) is 3.16. The van der Waals surface area contributed by atoms with Crippen LogP contribution in [0, 0.1) is 5.82 Å². The van der Waals surface area contributed by atoms with E-state index in [2.05, 4.69) is 10.6 Å². The fourth-order valence-corrected chi connectivity index (χ4v) is 1.98. The Morgan fingerprint density at radius 2 is 1.90 bits per heavy atom. The summed E-state index contributed by atoms with van der Waals surface area (Å²) in [7, 11) is 0. The molecule has 0 bridgehead atoms. The number of amides is 2. The van der Waals surface area contributed by atoms with E-state index in [1.165, 1.54) is 18.2 Å². The predicted molar refractivity (Wildman–Crippen MR) is 86.4 cm³/mol. The van der Waals surface area contributed by atoms with Crippen LogP contribution in [0.2, 0.25) is 5.02 Å². The summed E-state index contributed by atoms with van der Waals surface area (Å²) < 4.78 is 13.4. The highest BCUT2D eigenvalue weighted by Crippen LogP contribution is 2.21. The first-order valence-corrected chi connectivity index (χ1v) is 6.68. The summed E-state index contributed by atoms with van der Waals surface area (Å²) in [5, 5.41) is 5.54. The Morgan fingerprint density at radius 3 is 2.57 bits per heavy atom. The van der Waals surface area contributed by atoms with Crippen molar-refractivity contribution in [3.05, 3.63) is 58.9 Å². The van der Waals surface area contributed by atoms with Gasteiger partial charge in [-0.05, 0) is 30.3 Å². The number of halogens is 2. The lowest BCUT2D eigenvalue weighted by molar-refractivity contribution is 0.262. The average Bonchev–Trinajstić information content (AvgIpc) is 2.43. The van der Waals surface area contributed by atoms with E-state index in [0.29, 0.717) is 16.4 Å². The fraction of sp³-hybridized carbons (Fsp3) is 0. The molecule has 0 radical (unpaired) electrons. The summed E-state index contributed by atoms with van der Waals surface area (Å²) in [6.45, 7) is 0. The normalized spacial score (nSPS) is 10.0. The van der Waals surface area contributed by atoms with Crippen molar-refractivity contribution in [3.63, 3.8) is 0 Å². The molecule has 21 heavy (non-hydrogen) atoms. The minimum Gasteiger partial charge on any atom is -0.389 e. The molecule has 0 aliphatic carbocycles. The number of carbonyl (C=O) groups excluding carboxylic acids is 1. The standard InChI is InChI=1S/C14H11ClFN3OS/c15-10-3-1-2-4-12(10)19-14(20)18-8-5-6-11(16)9(7-8)13(17)21/h1-7H,(H2,17,21)(H2,18,19,20). The molecular weight excluding hydrogens is 313 g/mol. The third-order valence-electron chi connectivity index (χ3n) is 2.61. The van der Waals surface area contributed by atoms with E-state index in [1.807, 2.05) is 0 Å². The molecule has 4 nitrogen and oxygen atoms in total. The first-order chi connectivity index (χ1) is 9.97. The molecular formula is C14H11ClFN3OS. The SMILES string of the molecule is NC(=S)c1cc(NC(=O)Nc2ccccc2Cl)ccc1F. The second kappa shape index (κ2) is 6.51. The molecule has 0 spiro atoms. The van der Waals surface area contributed by atoms with Gasteiger partial charge in [0, 0.05) is 11.3 Å². The second-order valence-corrected chi connectivity index (χ2v) is 4.96.